The molecular weight excluding hydrogens is 462 g/mol. The molecule has 1 heterocycles. The van der Waals surface area contributed by atoms with Crippen molar-refractivity contribution in [1.82, 2.24) is 14.9 Å². The van der Waals surface area contributed by atoms with E-state index in [-0.39, 0.29) is 36.0 Å². The number of sulfonamides is 1. The molecule has 0 radical (unpaired) electrons. The van der Waals surface area contributed by atoms with Gasteiger partial charge in [0, 0.05) is 23.7 Å². The van der Waals surface area contributed by atoms with Gasteiger partial charge in [-0.3, -0.25) is 9.59 Å². The number of nitrogens with zero attached hydrogens (tertiary/aromatic N) is 1. The van der Waals surface area contributed by atoms with E-state index < -0.39 is 22.0 Å². The van der Waals surface area contributed by atoms with Crippen LogP contribution in [0.15, 0.2) is 83.8 Å². The Kier molecular flexibility index (Phi) is 6.78. The van der Waals surface area contributed by atoms with Crippen LogP contribution in [0.5, 0.6) is 0 Å². The fraction of sp³-hybridized carbons (Fsp3) is 0.167. The van der Waals surface area contributed by atoms with Gasteiger partial charge in [-0.25, -0.2) is 8.42 Å². The summed E-state index contributed by atoms with van der Waals surface area (Å²) in [6.45, 7) is 0.181. The molecule has 1 aliphatic rings. The molecule has 3 aromatic carbocycles. The molecule has 1 saturated heterocycles. The molecule has 0 saturated carbocycles. The standard InChI is InChI=1S/C24H22ClN3O4S/c25-20-11-9-18(10-12-20)23(17-5-2-1-3-6-17)27-24(30)19-7-4-8-21(15-19)33(31,32)28-14-13-26-22(29)16-28/h1-12,15,23H,13-14,16H2,(H,26,29)(H,27,30). The maximum absolute atomic E-state index is 13.2. The third-order valence-corrected chi connectivity index (χ3v) is 7.44. The summed E-state index contributed by atoms with van der Waals surface area (Å²) in [6.07, 6.45) is 0. The number of benzene rings is 3. The lowest BCUT2D eigenvalue weighted by molar-refractivity contribution is -0.122. The highest BCUT2D eigenvalue weighted by molar-refractivity contribution is 7.89. The second-order valence-corrected chi connectivity index (χ2v) is 9.96. The van der Waals surface area contributed by atoms with E-state index in [1.807, 2.05) is 42.5 Å². The average Bonchev–Trinajstić information content (AvgIpc) is 2.84. The summed E-state index contributed by atoms with van der Waals surface area (Å²) in [7, 11) is -3.91. The minimum Gasteiger partial charge on any atom is -0.354 e. The third kappa shape index (κ3) is 5.24. The van der Waals surface area contributed by atoms with Gasteiger partial charge in [0.1, 0.15) is 0 Å². The number of halogens is 1. The Labute approximate surface area is 197 Å². The maximum atomic E-state index is 13.2. The monoisotopic (exact) mass is 483 g/mol. The SMILES string of the molecule is O=C1CN(S(=O)(=O)c2cccc(C(=O)NC(c3ccccc3)c3ccc(Cl)cc3)c2)CCN1. The van der Waals surface area contributed by atoms with Crippen LogP contribution in [-0.4, -0.2) is 44.2 Å². The highest BCUT2D eigenvalue weighted by atomic mass is 35.5. The Morgan fingerprint density at radius 1 is 0.970 bits per heavy atom. The smallest absolute Gasteiger partial charge is 0.252 e. The quantitative estimate of drug-likeness (QED) is 0.563. The van der Waals surface area contributed by atoms with E-state index in [1.165, 1.54) is 18.2 Å². The Morgan fingerprint density at radius 2 is 1.67 bits per heavy atom. The molecule has 3 aromatic rings. The minimum absolute atomic E-state index is 0.0346. The minimum atomic E-state index is -3.91. The van der Waals surface area contributed by atoms with E-state index in [9.17, 15) is 18.0 Å². The molecule has 0 aromatic heterocycles. The Balaban J connectivity index is 1.62. The molecule has 4 rings (SSSR count). The van der Waals surface area contributed by atoms with Gasteiger partial charge in [0.15, 0.2) is 0 Å². The summed E-state index contributed by atoms with van der Waals surface area (Å²) in [6, 6.07) is 22.0. The van der Waals surface area contributed by atoms with E-state index in [0.717, 1.165) is 15.4 Å². The maximum Gasteiger partial charge on any atom is 0.252 e. The number of hydrogen-bond donors (Lipinski definition) is 2. The van der Waals surface area contributed by atoms with Gasteiger partial charge in [-0.1, -0.05) is 60.1 Å². The van der Waals surface area contributed by atoms with E-state index in [4.69, 9.17) is 11.6 Å². The second-order valence-electron chi connectivity index (χ2n) is 7.59. The van der Waals surface area contributed by atoms with Crippen LogP contribution >= 0.6 is 11.6 Å². The Morgan fingerprint density at radius 3 is 2.36 bits per heavy atom. The van der Waals surface area contributed by atoms with Crippen molar-refractivity contribution in [1.29, 1.82) is 0 Å². The highest BCUT2D eigenvalue weighted by Crippen LogP contribution is 2.25. The Hall–Kier alpha value is -3.20. The van der Waals surface area contributed by atoms with Crippen LogP contribution < -0.4 is 10.6 Å². The van der Waals surface area contributed by atoms with Crippen molar-refractivity contribution in [3.8, 4) is 0 Å². The molecule has 0 bridgehead atoms. The van der Waals surface area contributed by atoms with E-state index in [2.05, 4.69) is 10.6 Å². The van der Waals surface area contributed by atoms with Crippen molar-refractivity contribution in [3.05, 3.63) is 101 Å². The first-order valence-electron chi connectivity index (χ1n) is 10.3. The van der Waals surface area contributed by atoms with Gasteiger partial charge in [-0.05, 0) is 41.5 Å². The summed E-state index contributed by atoms with van der Waals surface area (Å²) in [5.74, 6) is -0.778. The zero-order chi connectivity index (χ0) is 23.4. The summed E-state index contributed by atoms with van der Waals surface area (Å²) < 4.78 is 27.1. The predicted molar refractivity (Wildman–Crippen MR) is 125 cm³/mol. The first kappa shape index (κ1) is 23.0. The fourth-order valence-corrected chi connectivity index (χ4v) is 5.21. The average molecular weight is 484 g/mol. The van der Waals surface area contributed by atoms with Crippen molar-refractivity contribution < 1.29 is 18.0 Å². The summed E-state index contributed by atoms with van der Waals surface area (Å²) >= 11 is 6.02. The van der Waals surface area contributed by atoms with E-state index >= 15 is 0 Å². The first-order valence-corrected chi connectivity index (χ1v) is 12.1. The molecule has 1 fully saturated rings. The fourth-order valence-electron chi connectivity index (χ4n) is 3.64. The summed E-state index contributed by atoms with van der Waals surface area (Å²) in [4.78, 5) is 24.8. The van der Waals surface area contributed by atoms with E-state index in [1.54, 1.807) is 18.2 Å². The van der Waals surface area contributed by atoms with Crippen molar-refractivity contribution in [2.75, 3.05) is 19.6 Å². The second kappa shape index (κ2) is 9.74. The number of carbonyl (C=O) groups is 2. The zero-order valence-corrected chi connectivity index (χ0v) is 19.1. The Bertz CT molecular complexity index is 1260. The number of piperazine rings is 1. The molecule has 7 nitrogen and oxygen atoms in total. The third-order valence-electron chi connectivity index (χ3n) is 5.35. The molecule has 0 aliphatic carbocycles. The lowest BCUT2D eigenvalue weighted by Gasteiger charge is -2.26. The van der Waals surface area contributed by atoms with Crippen LogP contribution in [0.2, 0.25) is 5.02 Å². The number of hydrogen-bond acceptors (Lipinski definition) is 4. The van der Waals surface area contributed by atoms with Gasteiger partial charge in [-0.2, -0.15) is 4.31 Å². The van der Waals surface area contributed by atoms with E-state index in [0.29, 0.717) is 5.02 Å². The normalized spacial score (nSPS) is 15.5. The number of carbonyl (C=O) groups excluding carboxylic acids is 2. The lowest BCUT2D eigenvalue weighted by Crippen LogP contribution is -2.49. The molecule has 0 spiro atoms. The van der Waals surface area contributed by atoms with Gasteiger partial charge in [0.2, 0.25) is 15.9 Å². The van der Waals surface area contributed by atoms with Gasteiger partial charge in [-0.15, -0.1) is 0 Å². The molecule has 2 amide bonds. The zero-order valence-electron chi connectivity index (χ0n) is 17.6. The van der Waals surface area contributed by atoms with Crippen molar-refractivity contribution in [3.63, 3.8) is 0 Å². The number of nitrogens with one attached hydrogen (secondary N) is 2. The van der Waals surface area contributed by atoms with Gasteiger partial charge in [0.05, 0.1) is 17.5 Å². The summed E-state index contributed by atoms with van der Waals surface area (Å²) in [5, 5.41) is 6.18. The van der Waals surface area contributed by atoms with Crippen molar-refractivity contribution >= 4 is 33.4 Å². The molecule has 33 heavy (non-hydrogen) atoms. The largest absolute Gasteiger partial charge is 0.354 e. The van der Waals surface area contributed by atoms with Gasteiger partial charge >= 0.3 is 0 Å². The lowest BCUT2D eigenvalue weighted by atomic mass is 9.98. The highest BCUT2D eigenvalue weighted by Gasteiger charge is 2.29. The molecular formula is C24H22ClN3O4S. The van der Waals surface area contributed by atoms with Gasteiger partial charge < -0.3 is 10.6 Å². The van der Waals surface area contributed by atoms with Gasteiger partial charge in [0.25, 0.3) is 5.91 Å². The van der Waals surface area contributed by atoms with Crippen molar-refractivity contribution in [2.45, 2.75) is 10.9 Å². The molecule has 1 aliphatic heterocycles. The first-order chi connectivity index (χ1) is 15.8. The van der Waals surface area contributed by atoms with Crippen LogP contribution in [-0.2, 0) is 14.8 Å². The van der Waals surface area contributed by atoms with Crippen LogP contribution in [0.25, 0.3) is 0 Å². The molecule has 1 atom stereocenters. The number of amides is 2. The van der Waals surface area contributed by atoms with Crippen LogP contribution in [0.4, 0.5) is 0 Å². The molecule has 170 valence electrons. The predicted octanol–water partition coefficient (Wildman–Crippen LogP) is 2.98. The summed E-state index contributed by atoms with van der Waals surface area (Å²) in [5.41, 5.74) is 1.91. The van der Waals surface area contributed by atoms with Crippen LogP contribution in [0.3, 0.4) is 0 Å². The van der Waals surface area contributed by atoms with Crippen LogP contribution in [0.1, 0.15) is 27.5 Å². The topological polar surface area (TPSA) is 95.6 Å². The molecule has 1 unspecified atom stereocenters. The van der Waals surface area contributed by atoms with Crippen LogP contribution in [0, 0.1) is 0 Å². The number of rotatable bonds is 6. The molecule has 2 N–H and O–H groups in total. The van der Waals surface area contributed by atoms with Crippen molar-refractivity contribution in [2.24, 2.45) is 0 Å². The molecule has 9 heteroatoms.